The number of hydrogen-bond acceptors (Lipinski definition) is 1. The molecule has 0 aromatic heterocycles. The highest BCUT2D eigenvalue weighted by Gasteiger charge is 2.26. The van der Waals surface area contributed by atoms with Crippen molar-refractivity contribution in [2.75, 3.05) is 5.33 Å². The second-order valence-electron chi connectivity index (χ2n) is 5.62. The molecule has 0 aliphatic rings. The predicted octanol–water partition coefficient (Wildman–Crippen LogP) is 4.03. The Balaban J connectivity index is 2.95. The van der Waals surface area contributed by atoms with Crippen LogP contribution < -0.4 is 5.32 Å². The summed E-state index contributed by atoms with van der Waals surface area (Å²) in [6.07, 6.45) is 0.668. The zero-order valence-corrected chi connectivity index (χ0v) is 13.2. The maximum Gasteiger partial charge on any atom is 0.251 e. The predicted molar refractivity (Wildman–Crippen MR) is 75.4 cm³/mol. The van der Waals surface area contributed by atoms with Crippen molar-refractivity contribution in [3.05, 3.63) is 35.1 Å². The topological polar surface area (TPSA) is 29.1 Å². The van der Waals surface area contributed by atoms with Crippen LogP contribution in [0.1, 0.15) is 37.6 Å². The standard InChI is InChI=1S/C14H17BrF3NO/c1-14(2,3)11(4-5-15)19-13(20)8-6-9(16)12(18)10(17)7-8/h6-7,11H,4-5H2,1-3H3,(H,19,20). The van der Waals surface area contributed by atoms with E-state index >= 15 is 0 Å². The van der Waals surface area contributed by atoms with Gasteiger partial charge >= 0.3 is 0 Å². The van der Waals surface area contributed by atoms with Crippen LogP contribution in [0, 0.1) is 22.9 Å². The molecule has 0 heterocycles. The average molecular weight is 352 g/mol. The summed E-state index contributed by atoms with van der Waals surface area (Å²) in [4.78, 5) is 12.0. The van der Waals surface area contributed by atoms with E-state index in [9.17, 15) is 18.0 Å². The zero-order valence-electron chi connectivity index (χ0n) is 11.6. The zero-order chi connectivity index (χ0) is 15.5. The Kier molecular flexibility index (Phi) is 5.62. The second kappa shape index (κ2) is 6.61. The molecule has 0 bridgehead atoms. The highest BCUT2D eigenvalue weighted by molar-refractivity contribution is 9.09. The van der Waals surface area contributed by atoms with E-state index in [-0.39, 0.29) is 17.0 Å². The van der Waals surface area contributed by atoms with Crippen molar-refractivity contribution in [2.24, 2.45) is 5.41 Å². The molecule has 112 valence electrons. The lowest BCUT2D eigenvalue weighted by molar-refractivity contribution is 0.0899. The third-order valence-electron chi connectivity index (χ3n) is 2.99. The Bertz CT molecular complexity index is 477. The molecule has 20 heavy (non-hydrogen) atoms. The van der Waals surface area contributed by atoms with Crippen LogP contribution in [0.15, 0.2) is 12.1 Å². The number of carbonyl (C=O) groups excluding carboxylic acids is 1. The van der Waals surface area contributed by atoms with E-state index in [0.29, 0.717) is 23.9 Å². The van der Waals surface area contributed by atoms with Crippen molar-refractivity contribution >= 4 is 21.8 Å². The maximum absolute atomic E-state index is 13.1. The molecule has 0 spiro atoms. The molecule has 0 aliphatic carbocycles. The first-order valence-electron chi connectivity index (χ1n) is 6.18. The van der Waals surface area contributed by atoms with Crippen molar-refractivity contribution in [1.82, 2.24) is 5.32 Å². The molecule has 1 rings (SSSR count). The molecule has 1 aromatic carbocycles. The number of carbonyl (C=O) groups is 1. The normalized spacial score (nSPS) is 13.2. The molecular weight excluding hydrogens is 335 g/mol. The number of nitrogens with one attached hydrogen (secondary N) is 1. The lowest BCUT2D eigenvalue weighted by Gasteiger charge is -2.31. The Labute approximate surface area is 124 Å². The van der Waals surface area contributed by atoms with Gasteiger partial charge in [-0.15, -0.1) is 0 Å². The fourth-order valence-electron chi connectivity index (χ4n) is 1.76. The van der Waals surface area contributed by atoms with Crippen molar-refractivity contribution in [2.45, 2.75) is 33.2 Å². The number of benzene rings is 1. The molecule has 6 heteroatoms. The molecule has 0 saturated carbocycles. The van der Waals surface area contributed by atoms with Gasteiger partial charge in [0.1, 0.15) is 0 Å². The van der Waals surface area contributed by atoms with Crippen LogP contribution in [0.3, 0.4) is 0 Å². The summed E-state index contributed by atoms with van der Waals surface area (Å²) in [5.74, 6) is -4.94. The highest BCUT2D eigenvalue weighted by atomic mass is 79.9. The first-order chi connectivity index (χ1) is 9.16. The fraction of sp³-hybridized carbons (Fsp3) is 0.500. The highest BCUT2D eigenvalue weighted by Crippen LogP contribution is 2.23. The Morgan fingerprint density at radius 1 is 1.25 bits per heavy atom. The minimum atomic E-state index is -1.57. The van der Waals surface area contributed by atoms with E-state index < -0.39 is 23.4 Å². The van der Waals surface area contributed by atoms with Crippen LogP contribution in [0.2, 0.25) is 0 Å². The Morgan fingerprint density at radius 2 is 1.75 bits per heavy atom. The Morgan fingerprint density at radius 3 is 2.15 bits per heavy atom. The molecule has 0 saturated heterocycles. The van der Waals surface area contributed by atoms with Gasteiger partial charge in [0, 0.05) is 16.9 Å². The lowest BCUT2D eigenvalue weighted by atomic mass is 9.85. The van der Waals surface area contributed by atoms with Crippen LogP contribution in [0.4, 0.5) is 13.2 Å². The molecule has 1 aromatic rings. The van der Waals surface area contributed by atoms with Crippen molar-refractivity contribution in [3.8, 4) is 0 Å². The summed E-state index contributed by atoms with van der Waals surface area (Å²) >= 11 is 3.30. The molecule has 0 fully saturated rings. The third-order valence-corrected chi connectivity index (χ3v) is 3.45. The van der Waals surface area contributed by atoms with Gasteiger partial charge in [-0.2, -0.15) is 0 Å². The van der Waals surface area contributed by atoms with Gasteiger partial charge < -0.3 is 5.32 Å². The van der Waals surface area contributed by atoms with Crippen molar-refractivity contribution in [3.63, 3.8) is 0 Å². The number of amides is 1. The van der Waals surface area contributed by atoms with Crippen LogP contribution >= 0.6 is 15.9 Å². The van der Waals surface area contributed by atoms with E-state index in [1.54, 1.807) is 0 Å². The second-order valence-corrected chi connectivity index (χ2v) is 6.42. The quantitative estimate of drug-likeness (QED) is 0.643. The van der Waals surface area contributed by atoms with Gasteiger partial charge in [0.25, 0.3) is 5.91 Å². The summed E-state index contributed by atoms with van der Waals surface area (Å²) in [5, 5.41) is 3.41. The SMILES string of the molecule is CC(C)(C)C(CCBr)NC(=O)c1cc(F)c(F)c(F)c1. The van der Waals surface area contributed by atoms with Crippen LogP contribution in [0.25, 0.3) is 0 Å². The minimum Gasteiger partial charge on any atom is -0.349 e. The largest absolute Gasteiger partial charge is 0.349 e. The van der Waals surface area contributed by atoms with E-state index in [2.05, 4.69) is 21.2 Å². The minimum absolute atomic E-state index is 0.175. The van der Waals surface area contributed by atoms with E-state index in [0.717, 1.165) is 0 Å². The fourth-order valence-corrected chi connectivity index (χ4v) is 2.22. The van der Waals surface area contributed by atoms with E-state index in [1.165, 1.54) is 0 Å². The number of alkyl halides is 1. The monoisotopic (exact) mass is 351 g/mol. The average Bonchev–Trinajstić information content (AvgIpc) is 2.33. The summed E-state index contributed by atoms with van der Waals surface area (Å²) in [7, 11) is 0. The Hall–Kier alpha value is -1.04. The summed E-state index contributed by atoms with van der Waals surface area (Å²) < 4.78 is 39.1. The van der Waals surface area contributed by atoms with Gasteiger partial charge in [-0.25, -0.2) is 13.2 Å². The van der Waals surface area contributed by atoms with Gasteiger partial charge in [-0.05, 0) is 24.0 Å². The van der Waals surface area contributed by atoms with Gasteiger partial charge in [0.2, 0.25) is 0 Å². The van der Waals surface area contributed by atoms with Gasteiger partial charge in [0.05, 0.1) is 0 Å². The first-order valence-corrected chi connectivity index (χ1v) is 7.30. The summed E-state index contributed by atoms with van der Waals surface area (Å²) in [5.41, 5.74) is -0.439. The van der Waals surface area contributed by atoms with Gasteiger partial charge in [-0.3, -0.25) is 4.79 Å². The van der Waals surface area contributed by atoms with Crippen LogP contribution in [0.5, 0.6) is 0 Å². The molecule has 2 nitrogen and oxygen atoms in total. The summed E-state index contributed by atoms with van der Waals surface area (Å²) in [6, 6.07) is 1.22. The van der Waals surface area contributed by atoms with Crippen molar-refractivity contribution < 1.29 is 18.0 Å². The lowest BCUT2D eigenvalue weighted by Crippen LogP contribution is -2.44. The van der Waals surface area contributed by atoms with Crippen LogP contribution in [-0.2, 0) is 0 Å². The first kappa shape index (κ1) is 17.0. The molecule has 0 aliphatic heterocycles. The molecule has 1 amide bonds. The maximum atomic E-state index is 13.1. The molecular formula is C14H17BrF3NO. The number of halogens is 4. The van der Waals surface area contributed by atoms with Crippen LogP contribution in [-0.4, -0.2) is 17.3 Å². The number of hydrogen-bond donors (Lipinski definition) is 1. The molecule has 1 atom stereocenters. The smallest absolute Gasteiger partial charge is 0.251 e. The van der Waals surface area contributed by atoms with E-state index in [1.807, 2.05) is 20.8 Å². The van der Waals surface area contributed by atoms with E-state index in [4.69, 9.17) is 0 Å². The van der Waals surface area contributed by atoms with Gasteiger partial charge in [-0.1, -0.05) is 36.7 Å². The number of rotatable bonds is 4. The third kappa shape index (κ3) is 4.23. The molecule has 1 N–H and O–H groups in total. The van der Waals surface area contributed by atoms with Gasteiger partial charge in [0.15, 0.2) is 17.5 Å². The summed E-state index contributed by atoms with van der Waals surface area (Å²) in [6.45, 7) is 5.85. The molecule has 0 radical (unpaired) electrons. The molecule has 1 unspecified atom stereocenters. The van der Waals surface area contributed by atoms with Crippen molar-refractivity contribution in [1.29, 1.82) is 0 Å².